The van der Waals surface area contributed by atoms with Gasteiger partial charge in [0.05, 0.1) is 11.0 Å². The van der Waals surface area contributed by atoms with Crippen molar-refractivity contribution < 1.29 is 23.2 Å². The van der Waals surface area contributed by atoms with Gasteiger partial charge in [0.2, 0.25) is 0 Å². The number of nitro groups is 1. The predicted molar refractivity (Wildman–Crippen MR) is 91.8 cm³/mol. The van der Waals surface area contributed by atoms with E-state index in [0.29, 0.717) is 5.69 Å². The van der Waals surface area contributed by atoms with Gasteiger partial charge >= 0.3 is 0 Å². The summed E-state index contributed by atoms with van der Waals surface area (Å²) in [6.07, 6.45) is 0. The molecule has 3 rings (SSSR count). The minimum absolute atomic E-state index is 0.0994. The molecule has 1 aromatic heterocycles. The number of benzene rings is 2. The van der Waals surface area contributed by atoms with Gasteiger partial charge in [-0.3, -0.25) is 14.9 Å². The second-order valence-electron chi connectivity index (χ2n) is 5.05. The average Bonchev–Trinajstić information content (AvgIpc) is 3.07. The Labute approximate surface area is 149 Å². The first-order valence-corrected chi connectivity index (χ1v) is 8.08. The zero-order chi connectivity index (χ0) is 18.7. The Kier molecular flexibility index (Phi) is 4.90. The zero-order valence-corrected chi connectivity index (χ0v) is 13.8. The summed E-state index contributed by atoms with van der Waals surface area (Å²) in [5.74, 6) is -2.01. The van der Waals surface area contributed by atoms with Crippen molar-refractivity contribution in [2.75, 3.05) is 5.32 Å². The lowest BCUT2D eigenvalue weighted by atomic mass is 10.3. The summed E-state index contributed by atoms with van der Waals surface area (Å²) in [7, 11) is 0. The van der Waals surface area contributed by atoms with Crippen LogP contribution < -0.4 is 10.1 Å². The Morgan fingerprint density at radius 1 is 1.08 bits per heavy atom. The number of anilines is 1. The van der Waals surface area contributed by atoms with E-state index in [1.165, 1.54) is 30.3 Å². The van der Waals surface area contributed by atoms with Gasteiger partial charge in [0.1, 0.15) is 10.7 Å². The number of carbonyl (C=O) groups excluding carboxylic acids is 1. The molecule has 9 heteroatoms. The highest BCUT2D eigenvalue weighted by atomic mass is 32.1. The molecule has 0 bridgehead atoms. The standard InChI is InChI=1S/C17H10F2N2O4S/c18-10-1-3-11(4-2-10)20-17(22)16-15(7-8-26-16)25-14-6-5-12(21(23)24)9-13(14)19/h1-9H,(H,20,22). The first-order valence-electron chi connectivity index (χ1n) is 7.20. The molecule has 0 radical (unpaired) electrons. The van der Waals surface area contributed by atoms with Gasteiger partial charge < -0.3 is 10.1 Å². The van der Waals surface area contributed by atoms with Gasteiger partial charge in [0.25, 0.3) is 11.6 Å². The number of hydrogen-bond donors (Lipinski definition) is 1. The van der Waals surface area contributed by atoms with Crippen LogP contribution in [0.25, 0.3) is 0 Å². The maximum Gasteiger partial charge on any atom is 0.272 e. The molecule has 0 saturated carbocycles. The smallest absolute Gasteiger partial charge is 0.272 e. The lowest BCUT2D eigenvalue weighted by Crippen LogP contribution is -2.11. The monoisotopic (exact) mass is 376 g/mol. The van der Waals surface area contributed by atoms with Crippen LogP contribution in [0, 0.1) is 21.7 Å². The molecular formula is C17H10F2N2O4S. The predicted octanol–water partition coefficient (Wildman–Crippen LogP) is 4.98. The number of ether oxygens (including phenoxy) is 1. The van der Waals surface area contributed by atoms with E-state index in [1.54, 1.807) is 5.38 Å². The molecule has 0 spiro atoms. The topological polar surface area (TPSA) is 81.5 Å². The van der Waals surface area contributed by atoms with E-state index in [0.717, 1.165) is 29.5 Å². The van der Waals surface area contributed by atoms with Gasteiger partial charge in [-0.15, -0.1) is 11.3 Å². The second kappa shape index (κ2) is 7.28. The largest absolute Gasteiger partial charge is 0.453 e. The van der Waals surface area contributed by atoms with Crippen LogP contribution in [-0.4, -0.2) is 10.8 Å². The first-order chi connectivity index (χ1) is 12.4. The number of rotatable bonds is 5. The van der Waals surface area contributed by atoms with E-state index in [9.17, 15) is 23.7 Å². The van der Waals surface area contributed by atoms with Crippen LogP contribution in [0.1, 0.15) is 9.67 Å². The molecule has 0 saturated heterocycles. The number of halogens is 2. The molecule has 0 aliphatic rings. The number of carbonyl (C=O) groups is 1. The normalized spacial score (nSPS) is 10.4. The SMILES string of the molecule is O=C(Nc1ccc(F)cc1)c1sccc1Oc1ccc([N+](=O)[O-])cc1F. The van der Waals surface area contributed by atoms with Gasteiger partial charge in [-0.25, -0.2) is 8.78 Å². The number of amides is 1. The van der Waals surface area contributed by atoms with E-state index in [1.807, 2.05) is 0 Å². The third-order valence-corrected chi connectivity index (χ3v) is 4.18. The Morgan fingerprint density at radius 3 is 2.46 bits per heavy atom. The van der Waals surface area contributed by atoms with E-state index in [2.05, 4.69) is 5.32 Å². The molecule has 2 aromatic carbocycles. The second-order valence-corrected chi connectivity index (χ2v) is 5.97. The van der Waals surface area contributed by atoms with Crippen LogP contribution in [0.5, 0.6) is 11.5 Å². The number of hydrogen-bond acceptors (Lipinski definition) is 5. The van der Waals surface area contributed by atoms with Gasteiger partial charge in [-0.05, 0) is 41.8 Å². The molecule has 0 fully saturated rings. The van der Waals surface area contributed by atoms with Crippen molar-refractivity contribution in [1.29, 1.82) is 0 Å². The minimum Gasteiger partial charge on any atom is -0.453 e. The summed E-state index contributed by atoms with van der Waals surface area (Å²) in [5, 5.41) is 14.8. The maximum absolute atomic E-state index is 14.0. The van der Waals surface area contributed by atoms with E-state index in [4.69, 9.17) is 4.74 Å². The number of non-ortho nitro benzene ring substituents is 1. The third kappa shape index (κ3) is 3.83. The Bertz CT molecular complexity index is 973. The molecule has 0 aliphatic carbocycles. The summed E-state index contributed by atoms with van der Waals surface area (Å²) < 4.78 is 32.3. The quantitative estimate of drug-likeness (QED) is 0.503. The Hall–Kier alpha value is -3.33. The van der Waals surface area contributed by atoms with E-state index in [-0.39, 0.29) is 16.4 Å². The Morgan fingerprint density at radius 2 is 1.81 bits per heavy atom. The number of nitrogens with zero attached hydrogens (tertiary/aromatic N) is 1. The van der Waals surface area contributed by atoms with Gasteiger partial charge in [0.15, 0.2) is 17.3 Å². The number of nitrogens with one attached hydrogen (secondary N) is 1. The van der Waals surface area contributed by atoms with Crippen molar-refractivity contribution in [3.8, 4) is 11.5 Å². The molecule has 132 valence electrons. The zero-order valence-electron chi connectivity index (χ0n) is 12.9. The van der Waals surface area contributed by atoms with Crippen LogP contribution in [0.4, 0.5) is 20.2 Å². The highest BCUT2D eigenvalue weighted by molar-refractivity contribution is 7.12. The molecule has 1 amide bonds. The molecule has 1 N–H and O–H groups in total. The molecule has 3 aromatic rings. The van der Waals surface area contributed by atoms with Crippen molar-refractivity contribution in [1.82, 2.24) is 0 Å². The fourth-order valence-corrected chi connectivity index (χ4v) is 2.78. The summed E-state index contributed by atoms with van der Waals surface area (Å²) in [5.41, 5.74) is -0.0216. The fraction of sp³-hybridized carbons (Fsp3) is 0. The van der Waals surface area contributed by atoms with Crippen molar-refractivity contribution in [2.45, 2.75) is 0 Å². The van der Waals surface area contributed by atoms with Crippen molar-refractivity contribution >= 4 is 28.6 Å². The van der Waals surface area contributed by atoms with Crippen LogP contribution in [-0.2, 0) is 0 Å². The van der Waals surface area contributed by atoms with E-state index >= 15 is 0 Å². The fourth-order valence-electron chi connectivity index (χ4n) is 2.07. The molecule has 6 nitrogen and oxygen atoms in total. The maximum atomic E-state index is 14.0. The number of nitro benzene ring substituents is 1. The molecule has 0 atom stereocenters. The van der Waals surface area contributed by atoms with Crippen LogP contribution in [0.15, 0.2) is 53.9 Å². The van der Waals surface area contributed by atoms with Crippen molar-refractivity contribution in [3.63, 3.8) is 0 Å². The summed E-state index contributed by atoms with van der Waals surface area (Å²) in [6, 6.07) is 9.64. The highest BCUT2D eigenvalue weighted by Crippen LogP contribution is 2.33. The lowest BCUT2D eigenvalue weighted by Gasteiger charge is -2.08. The summed E-state index contributed by atoms with van der Waals surface area (Å²) in [4.78, 5) is 22.4. The van der Waals surface area contributed by atoms with Crippen LogP contribution in [0.3, 0.4) is 0 Å². The van der Waals surface area contributed by atoms with E-state index < -0.39 is 28.2 Å². The highest BCUT2D eigenvalue weighted by Gasteiger charge is 2.18. The van der Waals surface area contributed by atoms with Crippen molar-refractivity contribution in [2.24, 2.45) is 0 Å². The number of thiophene rings is 1. The Balaban J connectivity index is 1.79. The minimum atomic E-state index is -0.921. The summed E-state index contributed by atoms with van der Waals surface area (Å²) >= 11 is 1.07. The molecular weight excluding hydrogens is 366 g/mol. The van der Waals surface area contributed by atoms with Crippen LogP contribution >= 0.6 is 11.3 Å². The van der Waals surface area contributed by atoms with Gasteiger partial charge in [-0.2, -0.15) is 0 Å². The van der Waals surface area contributed by atoms with Crippen LogP contribution in [0.2, 0.25) is 0 Å². The van der Waals surface area contributed by atoms with Gasteiger partial charge in [0, 0.05) is 11.8 Å². The molecule has 0 aliphatic heterocycles. The summed E-state index contributed by atoms with van der Waals surface area (Å²) in [6.45, 7) is 0. The van der Waals surface area contributed by atoms with Gasteiger partial charge in [-0.1, -0.05) is 0 Å². The first kappa shape index (κ1) is 17.5. The third-order valence-electron chi connectivity index (χ3n) is 3.28. The van der Waals surface area contributed by atoms with Crippen molar-refractivity contribution in [3.05, 3.63) is 80.5 Å². The molecule has 1 heterocycles. The molecule has 26 heavy (non-hydrogen) atoms. The lowest BCUT2D eigenvalue weighted by molar-refractivity contribution is -0.385. The molecule has 0 unspecified atom stereocenters. The average molecular weight is 376 g/mol.